The molecule has 0 aromatic heterocycles. The maximum atomic E-state index is 10.9. The van der Waals surface area contributed by atoms with Crippen LogP contribution < -0.4 is 0 Å². The van der Waals surface area contributed by atoms with Gasteiger partial charge in [-0.05, 0) is 6.92 Å². The third-order valence-electron chi connectivity index (χ3n) is 1.20. The van der Waals surface area contributed by atoms with E-state index in [0.717, 1.165) is 0 Å². The van der Waals surface area contributed by atoms with Crippen molar-refractivity contribution in [3.8, 4) is 12.3 Å². The van der Waals surface area contributed by atoms with Gasteiger partial charge < -0.3 is 4.74 Å². The zero-order valence-corrected chi connectivity index (χ0v) is 7.13. The molecule has 0 aliphatic heterocycles. The van der Waals surface area contributed by atoms with Gasteiger partial charge in [-0.3, -0.25) is 9.59 Å². The van der Waals surface area contributed by atoms with Gasteiger partial charge in [-0.1, -0.05) is 0 Å². The van der Waals surface area contributed by atoms with E-state index in [1.165, 1.54) is 0 Å². The molecule has 0 bridgehead atoms. The maximum Gasteiger partial charge on any atom is 0.313 e. The average Bonchev–Trinajstić information content (AvgIpc) is 2.01. The highest BCUT2D eigenvalue weighted by atomic mass is 16.5. The maximum absolute atomic E-state index is 10.9. The smallest absolute Gasteiger partial charge is 0.313 e. The fourth-order valence-electron chi connectivity index (χ4n) is 0.673. The van der Waals surface area contributed by atoms with Crippen LogP contribution in [0.3, 0.4) is 0 Å². The summed E-state index contributed by atoms with van der Waals surface area (Å²) in [6.45, 7) is 2.01. The molecule has 0 aliphatic carbocycles. The van der Waals surface area contributed by atoms with Crippen LogP contribution in [0.1, 0.15) is 26.2 Å². The monoisotopic (exact) mass is 168 g/mol. The summed E-state index contributed by atoms with van der Waals surface area (Å²) in [5, 5.41) is 0. The lowest BCUT2D eigenvalue weighted by Crippen LogP contribution is -2.10. The van der Waals surface area contributed by atoms with Crippen LogP contribution in [0.4, 0.5) is 0 Å². The molecular formula is C9H12O3. The van der Waals surface area contributed by atoms with E-state index in [1.54, 1.807) is 6.92 Å². The molecule has 0 amide bonds. The number of rotatable bonds is 5. The van der Waals surface area contributed by atoms with Crippen LogP contribution in [0.5, 0.6) is 0 Å². The molecule has 0 saturated heterocycles. The summed E-state index contributed by atoms with van der Waals surface area (Å²) < 4.78 is 4.58. The van der Waals surface area contributed by atoms with Crippen molar-refractivity contribution < 1.29 is 14.3 Å². The van der Waals surface area contributed by atoms with Gasteiger partial charge in [-0.2, -0.15) is 0 Å². The SMILES string of the molecule is C#CCCC(=O)CC(=O)OCC. The number of Topliss-reactive ketones (excluding diaryl/α,β-unsaturated/α-hetero) is 1. The second kappa shape index (κ2) is 6.41. The van der Waals surface area contributed by atoms with Crippen molar-refractivity contribution in [3.05, 3.63) is 0 Å². The second-order valence-electron chi connectivity index (χ2n) is 2.22. The number of ether oxygens (including phenoxy) is 1. The molecular weight excluding hydrogens is 156 g/mol. The van der Waals surface area contributed by atoms with E-state index in [1.807, 2.05) is 0 Å². The number of carbonyl (C=O) groups excluding carboxylic acids is 2. The molecule has 0 N–H and O–H groups in total. The van der Waals surface area contributed by atoms with Gasteiger partial charge in [-0.15, -0.1) is 12.3 Å². The minimum Gasteiger partial charge on any atom is -0.466 e. The number of esters is 1. The summed E-state index contributed by atoms with van der Waals surface area (Å²) in [7, 11) is 0. The number of terminal acetylenes is 1. The Labute approximate surface area is 72.1 Å². The molecule has 0 radical (unpaired) electrons. The third kappa shape index (κ3) is 5.48. The molecule has 0 heterocycles. The van der Waals surface area contributed by atoms with Crippen molar-refractivity contribution in [3.63, 3.8) is 0 Å². The van der Waals surface area contributed by atoms with Gasteiger partial charge in [0.05, 0.1) is 6.61 Å². The zero-order chi connectivity index (χ0) is 9.40. The molecule has 0 rings (SSSR count). The van der Waals surface area contributed by atoms with E-state index in [4.69, 9.17) is 6.42 Å². The standard InChI is InChI=1S/C9H12O3/c1-3-5-6-8(10)7-9(11)12-4-2/h1H,4-7H2,2H3. The van der Waals surface area contributed by atoms with E-state index in [2.05, 4.69) is 10.7 Å². The predicted molar refractivity (Wildman–Crippen MR) is 44.3 cm³/mol. The van der Waals surface area contributed by atoms with Crippen LogP contribution in [0.25, 0.3) is 0 Å². The number of hydrogen-bond acceptors (Lipinski definition) is 3. The summed E-state index contributed by atoms with van der Waals surface area (Å²) >= 11 is 0. The molecule has 0 aromatic rings. The first-order chi connectivity index (χ1) is 5.70. The largest absolute Gasteiger partial charge is 0.466 e. The van der Waals surface area contributed by atoms with Crippen molar-refractivity contribution in [1.29, 1.82) is 0 Å². The predicted octanol–water partition coefficient (Wildman–Crippen LogP) is 0.922. The molecule has 3 heteroatoms. The van der Waals surface area contributed by atoms with Crippen molar-refractivity contribution in [2.24, 2.45) is 0 Å². The van der Waals surface area contributed by atoms with Crippen LogP contribution >= 0.6 is 0 Å². The first-order valence-corrected chi connectivity index (χ1v) is 3.81. The summed E-state index contributed by atoms with van der Waals surface area (Å²) in [6, 6.07) is 0. The average molecular weight is 168 g/mol. The second-order valence-corrected chi connectivity index (χ2v) is 2.22. The topological polar surface area (TPSA) is 43.4 Å². The Kier molecular flexibility index (Phi) is 5.72. The van der Waals surface area contributed by atoms with Crippen LogP contribution in [-0.4, -0.2) is 18.4 Å². The minimum atomic E-state index is -0.473. The van der Waals surface area contributed by atoms with Crippen LogP contribution in [0.2, 0.25) is 0 Å². The van der Waals surface area contributed by atoms with Gasteiger partial charge in [-0.25, -0.2) is 0 Å². The quantitative estimate of drug-likeness (QED) is 0.348. The van der Waals surface area contributed by atoms with Crippen molar-refractivity contribution in [1.82, 2.24) is 0 Å². The minimum absolute atomic E-state index is 0.157. The Balaban J connectivity index is 3.56. The lowest BCUT2D eigenvalue weighted by atomic mass is 10.2. The Bertz CT molecular complexity index is 200. The van der Waals surface area contributed by atoms with E-state index < -0.39 is 5.97 Å². The van der Waals surface area contributed by atoms with Crippen molar-refractivity contribution >= 4 is 11.8 Å². The highest BCUT2D eigenvalue weighted by Gasteiger charge is 2.08. The highest BCUT2D eigenvalue weighted by molar-refractivity contribution is 5.95. The molecule has 3 nitrogen and oxygen atoms in total. The molecule has 0 unspecified atom stereocenters. The first-order valence-electron chi connectivity index (χ1n) is 3.81. The normalized spacial score (nSPS) is 8.67. The fraction of sp³-hybridized carbons (Fsp3) is 0.556. The Morgan fingerprint density at radius 3 is 2.67 bits per heavy atom. The van der Waals surface area contributed by atoms with Gasteiger partial charge >= 0.3 is 5.97 Å². The Morgan fingerprint density at radius 1 is 1.50 bits per heavy atom. The zero-order valence-electron chi connectivity index (χ0n) is 7.13. The van der Waals surface area contributed by atoms with Gasteiger partial charge in [0.2, 0.25) is 0 Å². The Hall–Kier alpha value is -1.30. The number of carbonyl (C=O) groups is 2. The molecule has 0 aliphatic rings. The summed E-state index contributed by atoms with van der Waals surface area (Å²) in [4.78, 5) is 21.6. The molecule has 0 aromatic carbocycles. The molecule has 0 fully saturated rings. The van der Waals surface area contributed by atoms with E-state index >= 15 is 0 Å². The van der Waals surface area contributed by atoms with Crippen LogP contribution in [0, 0.1) is 12.3 Å². The van der Waals surface area contributed by atoms with Crippen LogP contribution in [0.15, 0.2) is 0 Å². The number of hydrogen-bond donors (Lipinski definition) is 0. The van der Waals surface area contributed by atoms with Crippen molar-refractivity contribution in [2.45, 2.75) is 26.2 Å². The molecule has 12 heavy (non-hydrogen) atoms. The molecule has 0 saturated carbocycles. The van der Waals surface area contributed by atoms with E-state index in [-0.39, 0.29) is 18.6 Å². The molecule has 66 valence electrons. The van der Waals surface area contributed by atoms with Gasteiger partial charge in [0.15, 0.2) is 0 Å². The molecule has 0 spiro atoms. The van der Waals surface area contributed by atoms with E-state index in [0.29, 0.717) is 13.0 Å². The van der Waals surface area contributed by atoms with E-state index in [9.17, 15) is 9.59 Å². The van der Waals surface area contributed by atoms with Gasteiger partial charge in [0, 0.05) is 12.8 Å². The van der Waals surface area contributed by atoms with Crippen LogP contribution in [-0.2, 0) is 14.3 Å². The van der Waals surface area contributed by atoms with Gasteiger partial charge in [0.1, 0.15) is 12.2 Å². The first kappa shape index (κ1) is 10.7. The molecule has 0 atom stereocenters. The summed E-state index contributed by atoms with van der Waals surface area (Å²) in [6.07, 6.45) is 5.44. The van der Waals surface area contributed by atoms with Crippen molar-refractivity contribution in [2.75, 3.05) is 6.61 Å². The highest BCUT2D eigenvalue weighted by Crippen LogP contribution is 1.95. The summed E-state index contributed by atoms with van der Waals surface area (Å²) in [5.74, 6) is 1.70. The fourth-order valence-corrected chi connectivity index (χ4v) is 0.673. The number of ketones is 1. The lowest BCUT2D eigenvalue weighted by molar-refractivity contribution is -0.145. The summed E-state index contributed by atoms with van der Waals surface area (Å²) in [5.41, 5.74) is 0. The Morgan fingerprint density at radius 2 is 2.17 bits per heavy atom. The van der Waals surface area contributed by atoms with Gasteiger partial charge in [0.25, 0.3) is 0 Å². The third-order valence-corrected chi connectivity index (χ3v) is 1.20. The lowest BCUT2D eigenvalue weighted by Gasteiger charge is -1.98.